The molecule has 0 saturated carbocycles. The zero-order valence-electron chi connectivity index (χ0n) is 13.0. The van der Waals surface area contributed by atoms with Gasteiger partial charge in [-0.15, -0.1) is 0 Å². The second-order valence-corrected chi connectivity index (χ2v) is 5.28. The van der Waals surface area contributed by atoms with Gasteiger partial charge in [0.05, 0.1) is 31.4 Å². The number of rotatable bonds is 3. The monoisotopic (exact) mass is 330 g/mol. The van der Waals surface area contributed by atoms with E-state index in [1.807, 2.05) is 42.0 Å². The summed E-state index contributed by atoms with van der Waals surface area (Å²) in [6.07, 6.45) is 5.63. The number of benzene rings is 1. The van der Waals surface area contributed by atoms with E-state index in [0.29, 0.717) is 24.7 Å². The summed E-state index contributed by atoms with van der Waals surface area (Å²) >= 11 is 4.06. The van der Waals surface area contributed by atoms with Gasteiger partial charge in [0.15, 0.2) is 11.6 Å². The molecule has 0 atom stereocenters. The number of aliphatic imine (C=N–C) groups is 1. The third kappa shape index (κ3) is 3.34. The van der Waals surface area contributed by atoms with Crippen molar-refractivity contribution in [2.24, 2.45) is 4.99 Å². The third-order valence-corrected chi connectivity index (χ3v) is 3.66. The zero-order valence-corrected chi connectivity index (χ0v) is 13.9. The summed E-state index contributed by atoms with van der Waals surface area (Å²) < 4.78 is 15.8. The number of imidazole rings is 1. The number of aryl methyl sites for hydroxylation is 1. The lowest BCUT2D eigenvalue weighted by Crippen LogP contribution is -2.24. The first-order valence-corrected chi connectivity index (χ1v) is 7.64. The molecule has 2 heterocycles. The third-order valence-electron chi connectivity index (χ3n) is 3.45. The highest BCUT2D eigenvalue weighted by Crippen LogP contribution is 2.26. The van der Waals surface area contributed by atoms with E-state index in [9.17, 15) is 0 Å². The normalized spacial score (nSPS) is 16.0. The van der Waals surface area contributed by atoms with E-state index in [1.54, 1.807) is 13.4 Å². The van der Waals surface area contributed by atoms with E-state index in [-0.39, 0.29) is 0 Å². The summed E-state index contributed by atoms with van der Waals surface area (Å²) in [6, 6.07) is 5.93. The number of aromatic nitrogens is 2. The van der Waals surface area contributed by atoms with Crippen LogP contribution in [0.4, 0.5) is 0 Å². The Balaban J connectivity index is 1.96. The van der Waals surface area contributed by atoms with Crippen LogP contribution in [0.25, 0.3) is 11.8 Å². The van der Waals surface area contributed by atoms with E-state index in [4.69, 9.17) is 9.47 Å². The van der Waals surface area contributed by atoms with E-state index in [0.717, 1.165) is 22.7 Å². The average Bonchev–Trinajstić information content (AvgIpc) is 3.01. The lowest BCUT2D eigenvalue weighted by molar-refractivity contribution is 0.233. The van der Waals surface area contributed by atoms with Gasteiger partial charge in [0.25, 0.3) is 0 Å². The van der Waals surface area contributed by atoms with Crippen LogP contribution in [0.3, 0.4) is 0 Å². The van der Waals surface area contributed by atoms with Crippen molar-refractivity contribution in [3.05, 3.63) is 47.7 Å². The molecule has 0 amide bonds. The van der Waals surface area contributed by atoms with Crippen molar-refractivity contribution in [2.75, 3.05) is 20.3 Å². The maximum atomic E-state index is 5.64. The fourth-order valence-electron chi connectivity index (χ4n) is 2.36. The predicted octanol–water partition coefficient (Wildman–Crippen LogP) is 2.39. The minimum Gasteiger partial charge on any atom is -0.495 e. The number of hydrogen-bond donors (Lipinski definition) is 2. The van der Waals surface area contributed by atoms with Crippen LogP contribution in [0.1, 0.15) is 11.3 Å². The molecule has 1 aromatic heterocycles. The van der Waals surface area contributed by atoms with Crippen molar-refractivity contribution in [1.29, 1.82) is 0 Å². The Bertz CT molecular complexity index is 767. The first kappa shape index (κ1) is 15.5. The summed E-state index contributed by atoms with van der Waals surface area (Å²) in [5.41, 5.74) is 2.84. The second-order valence-electron chi connectivity index (χ2n) is 5.05. The van der Waals surface area contributed by atoms with Crippen molar-refractivity contribution >= 4 is 24.7 Å². The fourth-order valence-corrected chi connectivity index (χ4v) is 2.54. The molecule has 0 fully saturated rings. The van der Waals surface area contributed by atoms with Crippen LogP contribution in [0.5, 0.6) is 5.75 Å². The lowest BCUT2D eigenvalue weighted by atomic mass is 10.1. The summed E-state index contributed by atoms with van der Waals surface area (Å²) in [4.78, 5) is 8.58. The summed E-state index contributed by atoms with van der Waals surface area (Å²) in [6.45, 7) is 3.14. The predicted molar refractivity (Wildman–Crippen MR) is 93.2 cm³/mol. The molecule has 2 aromatic rings. The van der Waals surface area contributed by atoms with Gasteiger partial charge in [-0.3, -0.25) is 4.99 Å². The number of ether oxygens (including phenoxy) is 2. The molecule has 0 saturated heterocycles. The van der Waals surface area contributed by atoms with E-state index >= 15 is 0 Å². The minimum absolute atomic E-state index is 0.564. The Morgan fingerprint density at radius 2 is 2.30 bits per heavy atom. The van der Waals surface area contributed by atoms with Crippen LogP contribution in [0.15, 0.2) is 41.5 Å². The van der Waals surface area contributed by atoms with Crippen molar-refractivity contribution in [2.45, 2.75) is 6.92 Å². The largest absolute Gasteiger partial charge is 0.495 e. The maximum Gasteiger partial charge on any atom is 0.174 e. The molecule has 0 bridgehead atoms. The van der Waals surface area contributed by atoms with Crippen molar-refractivity contribution in [1.82, 2.24) is 14.3 Å². The first-order chi connectivity index (χ1) is 11.2. The standard InChI is InChI=1S/C16H18N4O2S/c1-11-9-20(10-18-11)13-4-3-12(7-14(13)21-2)8-15-16(19-23)17-5-6-22-15/h3-4,7-10,23H,5-6H2,1-2H3,(H,17,19)/b15-8-. The van der Waals surface area contributed by atoms with E-state index < -0.39 is 0 Å². The molecule has 1 aliphatic rings. The van der Waals surface area contributed by atoms with Gasteiger partial charge in [-0.1, -0.05) is 18.9 Å². The first-order valence-electron chi connectivity index (χ1n) is 7.19. The highest BCUT2D eigenvalue weighted by atomic mass is 32.1. The molecule has 7 heteroatoms. The molecule has 1 aliphatic heterocycles. The highest BCUT2D eigenvalue weighted by molar-refractivity contribution is 7.78. The Kier molecular flexibility index (Phi) is 4.57. The SMILES string of the molecule is COc1cc(/C=C2\OCCN=C2NS)ccc1-n1cnc(C)c1. The summed E-state index contributed by atoms with van der Waals surface area (Å²) in [7, 11) is 1.65. The van der Waals surface area contributed by atoms with E-state index in [2.05, 4.69) is 27.5 Å². The summed E-state index contributed by atoms with van der Waals surface area (Å²) in [5, 5.41) is 0. The molecule has 0 aliphatic carbocycles. The van der Waals surface area contributed by atoms with Crippen molar-refractivity contribution < 1.29 is 9.47 Å². The molecular weight excluding hydrogens is 312 g/mol. The molecule has 0 unspecified atom stereocenters. The molecule has 0 radical (unpaired) electrons. The number of methoxy groups -OCH3 is 1. The van der Waals surface area contributed by atoms with Gasteiger partial charge >= 0.3 is 0 Å². The highest BCUT2D eigenvalue weighted by Gasteiger charge is 2.13. The fraction of sp³-hybridized carbons (Fsp3) is 0.250. The Morgan fingerprint density at radius 1 is 1.43 bits per heavy atom. The van der Waals surface area contributed by atoms with Gasteiger partial charge in [0.2, 0.25) is 0 Å². The molecule has 1 aromatic carbocycles. The zero-order chi connectivity index (χ0) is 16.2. The molecule has 6 nitrogen and oxygen atoms in total. The van der Waals surface area contributed by atoms with Gasteiger partial charge in [-0.25, -0.2) is 4.98 Å². The summed E-state index contributed by atoms with van der Waals surface area (Å²) in [5.74, 6) is 2.05. The lowest BCUT2D eigenvalue weighted by Gasteiger charge is -2.17. The van der Waals surface area contributed by atoms with Gasteiger partial charge in [-0.05, 0) is 30.7 Å². The van der Waals surface area contributed by atoms with Crippen molar-refractivity contribution in [3.63, 3.8) is 0 Å². The topological polar surface area (TPSA) is 60.7 Å². The van der Waals surface area contributed by atoms with Crippen LogP contribution in [-0.4, -0.2) is 35.6 Å². The Labute approximate surface area is 140 Å². The molecule has 1 N–H and O–H groups in total. The Hall–Kier alpha value is -2.41. The smallest absolute Gasteiger partial charge is 0.174 e. The number of nitrogens with zero attached hydrogens (tertiary/aromatic N) is 3. The van der Waals surface area contributed by atoms with Crippen LogP contribution in [-0.2, 0) is 4.74 Å². The minimum atomic E-state index is 0.564. The van der Waals surface area contributed by atoms with Gasteiger partial charge < -0.3 is 18.8 Å². The van der Waals surface area contributed by atoms with Crippen molar-refractivity contribution in [3.8, 4) is 11.4 Å². The van der Waals surface area contributed by atoms with Crippen LogP contribution in [0, 0.1) is 6.92 Å². The number of hydrogen-bond acceptors (Lipinski definition) is 6. The van der Waals surface area contributed by atoms with Gasteiger partial charge in [0, 0.05) is 6.20 Å². The molecule has 0 spiro atoms. The molecule has 23 heavy (non-hydrogen) atoms. The number of amidine groups is 1. The Morgan fingerprint density at radius 3 is 3.00 bits per heavy atom. The van der Waals surface area contributed by atoms with Crippen LogP contribution >= 0.6 is 12.8 Å². The maximum absolute atomic E-state index is 5.64. The molecular formula is C16H18N4O2S. The molecule has 120 valence electrons. The van der Waals surface area contributed by atoms with Gasteiger partial charge in [0.1, 0.15) is 12.4 Å². The van der Waals surface area contributed by atoms with Gasteiger partial charge in [-0.2, -0.15) is 0 Å². The second kappa shape index (κ2) is 6.78. The quantitative estimate of drug-likeness (QED) is 0.849. The average molecular weight is 330 g/mol. The van der Waals surface area contributed by atoms with Crippen LogP contribution in [0.2, 0.25) is 0 Å². The van der Waals surface area contributed by atoms with Crippen LogP contribution < -0.4 is 9.46 Å². The van der Waals surface area contributed by atoms with E-state index in [1.165, 1.54) is 0 Å². The number of nitrogens with one attached hydrogen (secondary N) is 1. The number of thiol groups is 1. The molecule has 3 rings (SSSR count).